The zero-order chi connectivity index (χ0) is 19.6. The van der Waals surface area contributed by atoms with Gasteiger partial charge in [-0.25, -0.2) is 4.39 Å². The first-order valence-electron chi connectivity index (χ1n) is 8.37. The lowest BCUT2D eigenvalue weighted by Crippen LogP contribution is -2.26. The summed E-state index contributed by atoms with van der Waals surface area (Å²) in [5.41, 5.74) is 1.13. The number of anilines is 1. The Morgan fingerprint density at radius 1 is 1.44 bits per heavy atom. The lowest BCUT2D eigenvalue weighted by atomic mass is 10.2. The average molecular weight is 455 g/mol. The number of hydrogen-bond donors (Lipinski definition) is 1. The van der Waals surface area contributed by atoms with Gasteiger partial charge in [-0.15, -0.1) is 0 Å². The molecule has 142 valence electrons. The van der Waals surface area contributed by atoms with Crippen molar-refractivity contribution in [3.8, 4) is 0 Å². The van der Waals surface area contributed by atoms with Crippen molar-refractivity contribution in [2.75, 3.05) is 5.32 Å². The highest BCUT2D eigenvalue weighted by atomic mass is 79.9. The van der Waals surface area contributed by atoms with Gasteiger partial charge in [0, 0.05) is 28.5 Å². The standard InChI is InChI=1S/C18H18BrClFN5O/c1-3-16(26-9-12(19)8-22-26)18(27)23-17-7-11(2)25(24-17)10-13-14(20)5-4-6-15(13)21/h4-9,16H,3,10H2,1-2H3,(H,23,24,27). The quantitative estimate of drug-likeness (QED) is 0.593. The summed E-state index contributed by atoms with van der Waals surface area (Å²) >= 11 is 9.42. The van der Waals surface area contributed by atoms with Gasteiger partial charge in [-0.1, -0.05) is 24.6 Å². The van der Waals surface area contributed by atoms with Gasteiger partial charge in [0.1, 0.15) is 11.9 Å². The molecule has 3 rings (SSSR count). The first-order chi connectivity index (χ1) is 12.9. The van der Waals surface area contributed by atoms with Crippen LogP contribution in [0.3, 0.4) is 0 Å². The third kappa shape index (κ3) is 4.39. The third-order valence-corrected chi connectivity index (χ3v) is 4.94. The first-order valence-corrected chi connectivity index (χ1v) is 9.54. The Bertz CT molecular complexity index is 950. The normalized spacial score (nSPS) is 12.2. The van der Waals surface area contributed by atoms with Crippen molar-refractivity contribution < 1.29 is 9.18 Å². The molecule has 0 spiro atoms. The highest BCUT2D eigenvalue weighted by Gasteiger charge is 2.21. The van der Waals surface area contributed by atoms with Crippen LogP contribution < -0.4 is 5.32 Å². The van der Waals surface area contributed by atoms with Gasteiger partial charge in [0.25, 0.3) is 0 Å². The highest BCUT2D eigenvalue weighted by Crippen LogP contribution is 2.22. The number of benzene rings is 1. The summed E-state index contributed by atoms with van der Waals surface area (Å²) < 4.78 is 18.0. The van der Waals surface area contributed by atoms with E-state index in [0.29, 0.717) is 22.8 Å². The molecule has 1 N–H and O–H groups in total. The van der Waals surface area contributed by atoms with Crippen LogP contribution in [0.15, 0.2) is 41.1 Å². The zero-order valence-corrected chi connectivity index (χ0v) is 17.1. The van der Waals surface area contributed by atoms with Crippen LogP contribution in [0.25, 0.3) is 0 Å². The summed E-state index contributed by atoms with van der Waals surface area (Å²) in [5, 5.41) is 11.7. The molecule has 1 atom stereocenters. The van der Waals surface area contributed by atoms with E-state index in [0.717, 1.165) is 10.2 Å². The fourth-order valence-corrected chi connectivity index (χ4v) is 3.28. The van der Waals surface area contributed by atoms with E-state index in [-0.39, 0.29) is 12.5 Å². The maximum absolute atomic E-state index is 14.0. The van der Waals surface area contributed by atoms with E-state index in [2.05, 4.69) is 31.4 Å². The summed E-state index contributed by atoms with van der Waals surface area (Å²) in [7, 11) is 0. The second-order valence-corrected chi connectivity index (χ2v) is 7.40. The Morgan fingerprint density at radius 3 is 2.85 bits per heavy atom. The minimum absolute atomic E-state index is 0.177. The van der Waals surface area contributed by atoms with Crippen LogP contribution >= 0.6 is 27.5 Å². The molecule has 27 heavy (non-hydrogen) atoms. The molecule has 1 unspecified atom stereocenters. The fourth-order valence-electron chi connectivity index (χ4n) is 2.75. The minimum Gasteiger partial charge on any atom is -0.307 e. The summed E-state index contributed by atoms with van der Waals surface area (Å²) in [6.45, 7) is 3.92. The molecule has 3 aromatic rings. The Balaban J connectivity index is 1.77. The second-order valence-electron chi connectivity index (χ2n) is 6.08. The van der Waals surface area contributed by atoms with Crippen molar-refractivity contribution in [2.24, 2.45) is 0 Å². The minimum atomic E-state index is -0.456. The van der Waals surface area contributed by atoms with Crippen LogP contribution in [0.5, 0.6) is 0 Å². The van der Waals surface area contributed by atoms with Crippen molar-refractivity contribution in [1.29, 1.82) is 0 Å². The molecule has 6 nitrogen and oxygen atoms in total. The molecule has 2 heterocycles. The van der Waals surface area contributed by atoms with Gasteiger partial charge < -0.3 is 5.32 Å². The molecule has 9 heteroatoms. The predicted octanol–water partition coefficient (Wildman–Crippen LogP) is 4.58. The Kier molecular flexibility index (Phi) is 5.96. The van der Waals surface area contributed by atoms with Gasteiger partial charge in [-0.05, 0) is 41.4 Å². The molecule has 0 aliphatic heterocycles. The van der Waals surface area contributed by atoms with Crippen LogP contribution in [0.1, 0.15) is 30.6 Å². The predicted molar refractivity (Wildman–Crippen MR) is 105 cm³/mol. The van der Waals surface area contributed by atoms with E-state index in [1.54, 1.807) is 40.0 Å². The molecule has 0 saturated carbocycles. The number of halogens is 3. The van der Waals surface area contributed by atoms with E-state index < -0.39 is 11.9 Å². The molecule has 0 fully saturated rings. The number of aromatic nitrogens is 4. The molecule has 0 saturated heterocycles. The fraction of sp³-hybridized carbons (Fsp3) is 0.278. The Labute approximate surface area is 169 Å². The molecular weight excluding hydrogens is 437 g/mol. The molecule has 0 bridgehead atoms. The summed E-state index contributed by atoms with van der Waals surface area (Å²) in [5.74, 6) is -0.213. The molecular formula is C18H18BrClFN5O. The number of nitrogens with zero attached hydrogens (tertiary/aromatic N) is 4. The maximum Gasteiger partial charge on any atom is 0.250 e. The van der Waals surface area contributed by atoms with E-state index >= 15 is 0 Å². The van der Waals surface area contributed by atoms with Gasteiger partial charge in [0.2, 0.25) is 5.91 Å². The summed E-state index contributed by atoms with van der Waals surface area (Å²) in [6, 6.07) is 5.83. The number of rotatable bonds is 6. The zero-order valence-electron chi connectivity index (χ0n) is 14.8. The van der Waals surface area contributed by atoms with E-state index in [1.165, 1.54) is 6.07 Å². The average Bonchev–Trinajstić information content (AvgIpc) is 3.18. The lowest BCUT2D eigenvalue weighted by Gasteiger charge is -2.14. The van der Waals surface area contributed by atoms with E-state index in [9.17, 15) is 9.18 Å². The molecule has 0 aliphatic rings. The third-order valence-electron chi connectivity index (χ3n) is 4.18. The lowest BCUT2D eigenvalue weighted by molar-refractivity contribution is -0.119. The van der Waals surface area contributed by atoms with Crippen LogP contribution in [0.4, 0.5) is 10.2 Å². The maximum atomic E-state index is 14.0. The molecule has 0 radical (unpaired) electrons. The molecule has 1 aromatic carbocycles. The van der Waals surface area contributed by atoms with Crippen LogP contribution in [-0.4, -0.2) is 25.5 Å². The van der Waals surface area contributed by atoms with Crippen molar-refractivity contribution in [3.05, 3.63) is 63.2 Å². The van der Waals surface area contributed by atoms with Gasteiger partial charge >= 0.3 is 0 Å². The van der Waals surface area contributed by atoms with E-state index in [1.807, 2.05) is 13.8 Å². The van der Waals surface area contributed by atoms with Gasteiger partial charge in [-0.2, -0.15) is 10.2 Å². The van der Waals surface area contributed by atoms with Crippen molar-refractivity contribution >= 4 is 39.3 Å². The number of carbonyl (C=O) groups excluding carboxylic acids is 1. The van der Waals surface area contributed by atoms with Crippen LogP contribution in [0.2, 0.25) is 5.02 Å². The number of nitrogens with one attached hydrogen (secondary N) is 1. The smallest absolute Gasteiger partial charge is 0.250 e. The summed E-state index contributed by atoms with van der Waals surface area (Å²) in [4.78, 5) is 12.6. The monoisotopic (exact) mass is 453 g/mol. The first kappa shape index (κ1) is 19.6. The molecule has 0 aliphatic carbocycles. The topological polar surface area (TPSA) is 64.7 Å². The summed E-state index contributed by atoms with van der Waals surface area (Å²) in [6.07, 6.45) is 3.95. The van der Waals surface area contributed by atoms with Gasteiger partial charge in [0.15, 0.2) is 5.82 Å². The largest absolute Gasteiger partial charge is 0.307 e. The number of carbonyl (C=O) groups is 1. The number of aryl methyl sites for hydroxylation is 1. The van der Waals surface area contributed by atoms with Gasteiger partial charge in [0.05, 0.1) is 17.2 Å². The number of amides is 1. The Hall–Kier alpha value is -2.19. The van der Waals surface area contributed by atoms with Crippen molar-refractivity contribution in [2.45, 2.75) is 32.9 Å². The SMILES string of the molecule is CCC(C(=O)Nc1cc(C)n(Cc2c(F)cccc2Cl)n1)n1cc(Br)cn1. The van der Waals surface area contributed by atoms with Gasteiger partial charge in [-0.3, -0.25) is 14.2 Å². The van der Waals surface area contributed by atoms with Crippen LogP contribution in [0, 0.1) is 12.7 Å². The van der Waals surface area contributed by atoms with E-state index in [4.69, 9.17) is 11.6 Å². The highest BCUT2D eigenvalue weighted by molar-refractivity contribution is 9.10. The Morgan fingerprint density at radius 2 is 2.22 bits per heavy atom. The van der Waals surface area contributed by atoms with Crippen LogP contribution in [-0.2, 0) is 11.3 Å². The van der Waals surface area contributed by atoms with Crippen molar-refractivity contribution in [1.82, 2.24) is 19.6 Å². The number of hydrogen-bond acceptors (Lipinski definition) is 3. The second kappa shape index (κ2) is 8.22. The van der Waals surface area contributed by atoms with Crippen molar-refractivity contribution in [3.63, 3.8) is 0 Å². The molecule has 2 aromatic heterocycles. The molecule has 1 amide bonds.